The topological polar surface area (TPSA) is 55.2 Å². The molecule has 0 aliphatic heterocycles. The maximum absolute atomic E-state index is 10.8. The fourth-order valence-corrected chi connectivity index (χ4v) is 2.26. The second kappa shape index (κ2) is 5.75. The number of hydrogen-bond acceptors (Lipinski definition) is 4. The maximum Gasteiger partial charge on any atom is 0.272 e. The van der Waals surface area contributed by atoms with Crippen molar-refractivity contribution in [2.45, 2.75) is 30.9 Å². The molecule has 0 aliphatic rings. The molecule has 0 radical (unpaired) electrons. The lowest BCUT2D eigenvalue weighted by Gasteiger charge is -2.08. The van der Waals surface area contributed by atoms with Crippen LogP contribution in [0.1, 0.15) is 20.8 Å². The summed E-state index contributed by atoms with van der Waals surface area (Å²) in [5.41, 5.74) is 0.946. The molecule has 0 fully saturated rings. The highest BCUT2D eigenvalue weighted by molar-refractivity contribution is 7.99. The third-order valence-electron chi connectivity index (χ3n) is 1.85. The molecule has 1 aromatic carbocycles. The Balaban J connectivity index is 3.03. The van der Waals surface area contributed by atoms with Gasteiger partial charge in [-0.15, -0.1) is 11.8 Å². The standard InChI is InChI=1S/C11H16N2O2S/c1-4-12-9-5-10(13(14)15)7-11(6-9)16-8(2)3/h5-8,12H,4H2,1-3H3. The molecule has 0 atom stereocenters. The van der Waals surface area contributed by atoms with E-state index in [1.54, 1.807) is 23.9 Å². The van der Waals surface area contributed by atoms with Gasteiger partial charge in [-0.3, -0.25) is 10.1 Å². The number of nitrogens with zero attached hydrogens (tertiary/aromatic N) is 1. The first-order valence-corrected chi connectivity index (χ1v) is 6.11. The van der Waals surface area contributed by atoms with Gasteiger partial charge in [-0.2, -0.15) is 0 Å². The van der Waals surface area contributed by atoms with Gasteiger partial charge in [-0.1, -0.05) is 13.8 Å². The summed E-state index contributed by atoms with van der Waals surface area (Å²) in [6, 6.07) is 5.13. The molecule has 0 aliphatic carbocycles. The van der Waals surface area contributed by atoms with Crippen LogP contribution in [0.4, 0.5) is 11.4 Å². The van der Waals surface area contributed by atoms with Crippen LogP contribution >= 0.6 is 11.8 Å². The van der Waals surface area contributed by atoms with Crippen molar-refractivity contribution in [1.82, 2.24) is 0 Å². The fraction of sp³-hybridized carbons (Fsp3) is 0.455. The lowest BCUT2D eigenvalue weighted by atomic mass is 10.3. The van der Waals surface area contributed by atoms with Crippen LogP contribution < -0.4 is 5.32 Å². The summed E-state index contributed by atoms with van der Waals surface area (Å²) in [5.74, 6) is 0. The number of benzene rings is 1. The van der Waals surface area contributed by atoms with Gasteiger partial charge in [0.1, 0.15) is 0 Å². The van der Waals surface area contributed by atoms with Gasteiger partial charge in [-0.05, 0) is 13.0 Å². The first-order chi connectivity index (χ1) is 7.52. The third kappa shape index (κ3) is 3.73. The number of anilines is 1. The Morgan fingerprint density at radius 1 is 1.44 bits per heavy atom. The molecule has 0 heterocycles. The van der Waals surface area contributed by atoms with E-state index >= 15 is 0 Å². The van der Waals surface area contributed by atoms with Crippen LogP contribution in [0.25, 0.3) is 0 Å². The molecular formula is C11H16N2O2S. The van der Waals surface area contributed by atoms with Crippen molar-refractivity contribution in [3.63, 3.8) is 0 Å². The van der Waals surface area contributed by atoms with Gasteiger partial charge in [0.05, 0.1) is 4.92 Å². The number of hydrogen-bond donors (Lipinski definition) is 1. The van der Waals surface area contributed by atoms with E-state index in [9.17, 15) is 10.1 Å². The minimum Gasteiger partial charge on any atom is -0.385 e. The quantitative estimate of drug-likeness (QED) is 0.486. The van der Waals surface area contributed by atoms with E-state index in [0.717, 1.165) is 17.1 Å². The molecule has 5 heteroatoms. The zero-order chi connectivity index (χ0) is 12.1. The van der Waals surface area contributed by atoms with Gasteiger partial charge in [0.25, 0.3) is 5.69 Å². The molecule has 0 saturated heterocycles. The summed E-state index contributed by atoms with van der Waals surface area (Å²) >= 11 is 1.63. The van der Waals surface area contributed by atoms with Gasteiger partial charge in [-0.25, -0.2) is 0 Å². The number of non-ortho nitro benzene ring substituents is 1. The van der Waals surface area contributed by atoms with Gasteiger partial charge >= 0.3 is 0 Å². The predicted octanol–water partition coefficient (Wildman–Crippen LogP) is 3.53. The van der Waals surface area contributed by atoms with Crippen molar-refractivity contribution in [1.29, 1.82) is 0 Å². The SMILES string of the molecule is CCNc1cc(SC(C)C)cc([N+](=O)[O-])c1. The van der Waals surface area contributed by atoms with Gasteiger partial charge in [0, 0.05) is 34.5 Å². The molecule has 0 spiro atoms. The Kier molecular flexibility index (Phi) is 4.61. The van der Waals surface area contributed by atoms with E-state index in [2.05, 4.69) is 19.2 Å². The Labute approximate surface area is 99.6 Å². The highest BCUT2D eigenvalue weighted by Crippen LogP contribution is 2.30. The third-order valence-corrected chi connectivity index (χ3v) is 2.83. The molecule has 1 aromatic rings. The smallest absolute Gasteiger partial charge is 0.272 e. The Bertz CT molecular complexity index is 380. The summed E-state index contributed by atoms with van der Waals surface area (Å²) in [4.78, 5) is 11.3. The van der Waals surface area contributed by atoms with Crippen LogP contribution in [0, 0.1) is 10.1 Å². The fourth-order valence-electron chi connectivity index (χ4n) is 1.34. The number of nitro groups is 1. The van der Waals surface area contributed by atoms with Crippen molar-refractivity contribution in [2.24, 2.45) is 0 Å². The summed E-state index contributed by atoms with van der Waals surface area (Å²) in [6.45, 7) is 6.86. The van der Waals surface area contributed by atoms with Crippen LogP contribution in [-0.4, -0.2) is 16.7 Å². The zero-order valence-corrected chi connectivity index (χ0v) is 10.5. The number of rotatable bonds is 5. The predicted molar refractivity (Wildman–Crippen MR) is 68.3 cm³/mol. The van der Waals surface area contributed by atoms with Crippen LogP contribution in [-0.2, 0) is 0 Å². The highest BCUT2D eigenvalue weighted by Gasteiger charge is 2.10. The Hall–Kier alpha value is -1.23. The van der Waals surface area contributed by atoms with Crippen molar-refractivity contribution in [3.8, 4) is 0 Å². The molecule has 0 aromatic heterocycles. The van der Waals surface area contributed by atoms with Crippen molar-refractivity contribution in [2.75, 3.05) is 11.9 Å². The van der Waals surface area contributed by atoms with Crippen LogP contribution in [0.15, 0.2) is 23.1 Å². The molecule has 16 heavy (non-hydrogen) atoms. The van der Waals surface area contributed by atoms with E-state index in [1.165, 1.54) is 0 Å². The molecule has 1 rings (SSSR count). The molecule has 0 amide bonds. The van der Waals surface area contributed by atoms with Gasteiger partial charge in [0.2, 0.25) is 0 Å². The minimum absolute atomic E-state index is 0.140. The minimum atomic E-state index is -0.356. The summed E-state index contributed by atoms with van der Waals surface area (Å²) in [5, 5.41) is 14.3. The largest absolute Gasteiger partial charge is 0.385 e. The van der Waals surface area contributed by atoms with Crippen LogP contribution in [0.2, 0.25) is 0 Å². The lowest BCUT2D eigenvalue weighted by molar-refractivity contribution is -0.385. The second-order valence-corrected chi connectivity index (χ2v) is 5.32. The molecule has 0 saturated carbocycles. The molecule has 1 N–H and O–H groups in total. The van der Waals surface area contributed by atoms with Gasteiger partial charge < -0.3 is 5.32 Å². The summed E-state index contributed by atoms with van der Waals surface area (Å²) < 4.78 is 0. The van der Waals surface area contributed by atoms with Crippen molar-refractivity contribution in [3.05, 3.63) is 28.3 Å². The Morgan fingerprint density at radius 3 is 2.62 bits per heavy atom. The van der Waals surface area contributed by atoms with E-state index in [-0.39, 0.29) is 10.6 Å². The summed E-state index contributed by atoms with van der Waals surface area (Å²) in [7, 11) is 0. The molecule has 0 bridgehead atoms. The van der Waals surface area contributed by atoms with E-state index < -0.39 is 0 Å². The number of thioether (sulfide) groups is 1. The zero-order valence-electron chi connectivity index (χ0n) is 9.69. The van der Waals surface area contributed by atoms with Crippen molar-refractivity contribution < 1.29 is 4.92 Å². The van der Waals surface area contributed by atoms with E-state index in [4.69, 9.17) is 0 Å². The highest BCUT2D eigenvalue weighted by atomic mass is 32.2. The second-order valence-electron chi connectivity index (χ2n) is 3.67. The van der Waals surface area contributed by atoms with E-state index in [1.807, 2.05) is 13.0 Å². The molecule has 88 valence electrons. The molecule has 4 nitrogen and oxygen atoms in total. The van der Waals surface area contributed by atoms with E-state index in [0.29, 0.717) is 5.25 Å². The first kappa shape index (κ1) is 12.8. The first-order valence-electron chi connectivity index (χ1n) is 5.23. The monoisotopic (exact) mass is 240 g/mol. The normalized spacial score (nSPS) is 10.5. The van der Waals surface area contributed by atoms with Gasteiger partial charge in [0.15, 0.2) is 0 Å². The average Bonchev–Trinajstić information content (AvgIpc) is 2.16. The van der Waals surface area contributed by atoms with Crippen LogP contribution in [0.3, 0.4) is 0 Å². The summed E-state index contributed by atoms with van der Waals surface area (Å²) in [6.07, 6.45) is 0. The van der Waals surface area contributed by atoms with Crippen molar-refractivity contribution >= 4 is 23.1 Å². The molecular weight excluding hydrogens is 224 g/mol. The lowest BCUT2D eigenvalue weighted by Crippen LogP contribution is -1.98. The average molecular weight is 240 g/mol. The Morgan fingerprint density at radius 2 is 2.12 bits per heavy atom. The van der Waals surface area contributed by atoms with Crippen LogP contribution in [0.5, 0.6) is 0 Å². The maximum atomic E-state index is 10.8. The number of nitro benzene ring substituents is 1. The molecule has 0 unspecified atom stereocenters. The number of nitrogens with one attached hydrogen (secondary N) is 1.